The Bertz CT molecular complexity index is 1110. The molecular formula is C36H62N4O6. The molecule has 2 aliphatic rings. The highest BCUT2D eigenvalue weighted by atomic mass is 17.1. The van der Waals surface area contributed by atoms with E-state index < -0.39 is 34.9 Å². The Kier molecular flexibility index (Phi) is 10.9. The first-order valence-corrected chi connectivity index (χ1v) is 16.6. The average Bonchev–Trinajstić information content (AvgIpc) is 2.89. The molecule has 1 aromatic rings. The summed E-state index contributed by atoms with van der Waals surface area (Å²) in [6.07, 6.45) is 3.30. The standard InChI is InChI=1S/C36H62N4O6/c1-31(2)19-25(20-32(3,4)37-31)39(13)27(29(41)45-43)35(9,10)23-15-17-24(18-16-23)36(11,12)28(30(42)46-44)40(14)26-21-33(5,6)38-34(7,8)22-26/h15-18,25-28,37-38,43-44H,19-22H2,1-14H3. The summed E-state index contributed by atoms with van der Waals surface area (Å²) in [5.74, 6) is -1.41. The van der Waals surface area contributed by atoms with Crippen LogP contribution in [0.5, 0.6) is 0 Å². The second-order valence-electron chi connectivity index (χ2n) is 17.9. The van der Waals surface area contributed by atoms with Gasteiger partial charge in [0.05, 0.1) is 0 Å². The number of hydrogen-bond acceptors (Lipinski definition) is 10. The Morgan fingerprint density at radius 2 is 0.891 bits per heavy atom. The Morgan fingerprint density at radius 3 is 1.11 bits per heavy atom. The highest BCUT2D eigenvalue weighted by molar-refractivity contribution is 5.78. The van der Waals surface area contributed by atoms with Crippen molar-refractivity contribution in [2.75, 3.05) is 14.1 Å². The van der Waals surface area contributed by atoms with Crippen LogP contribution in [0.15, 0.2) is 24.3 Å². The number of hydrogen-bond donors (Lipinski definition) is 4. The van der Waals surface area contributed by atoms with Gasteiger partial charge in [-0.05, 0) is 106 Å². The van der Waals surface area contributed by atoms with Gasteiger partial charge in [-0.1, -0.05) is 52.0 Å². The largest absolute Gasteiger partial charge is 0.359 e. The van der Waals surface area contributed by atoms with Gasteiger partial charge in [0.15, 0.2) is 0 Å². The lowest BCUT2D eigenvalue weighted by atomic mass is 9.71. The van der Waals surface area contributed by atoms with Crippen LogP contribution < -0.4 is 10.6 Å². The van der Waals surface area contributed by atoms with Crippen molar-refractivity contribution in [3.8, 4) is 0 Å². The molecule has 2 fully saturated rings. The molecule has 46 heavy (non-hydrogen) atoms. The van der Waals surface area contributed by atoms with Gasteiger partial charge in [-0.25, -0.2) is 9.59 Å². The van der Waals surface area contributed by atoms with E-state index in [0.717, 1.165) is 36.8 Å². The summed E-state index contributed by atoms with van der Waals surface area (Å²) < 4.78 is 0. The zero-order chi connectivity index (χ0) is 35.3. The zero-order valence-electron chi connectivity index (χ0n) is 30.9. The van der Waals surface area contributed by atoms with Gasteiger partial charge in [-0.3, -0.25) is 19.6 Å². The first-order chi connectivity index (χ1) is 20.8. The van der Waals surface area contributed by atoms with Crippen molar-refractivity contribution in [2.45, 2.75) is 166 Å². The minimum absolute atomic E-state index is 0.0681. The van der Waals surface area contributed by atoms with E-state index in [2.05, 4.69) is 85.6 Å². The maximum Gasteiger partial charge on any atom is 0.359 e. The van der Waals surface area contributed by atoms with Gasteiger partial charge in [-0.2, -0.15) is 10.5 Å². The van der Waals surface area contributed by atoms with Crippen LogP contribution in [0.3, 0.4) is 0 Å². The van der Waals surface area contributed by atoms with Crippen LogP contribution in [0.2, 0.25) is 0 Å². The Balaban J connectivity index is 1.97. The molecule has 2 unspecified atom stereocenters. The van der Waals surface area contributed by atoms with Gasteiger partial charge in [0.25, 0.3) is 0 Å². The molecule has 1 aromatic carbocycles. The van der Waals surface area contributed by atoms with E-state index in [-0.39, 0.29) is 34.2 Å². The van der Waals surface area contributed by atoms with Crippen molar-refractivity contribution < 1.29 is 29.9 Å². The molecule has 2 atom stereocenters. The first kappa shape index (κ1) is 38.4. The summed E-state index contributed by atoms with van der Waals surface area (Å²) >= 11 is 0. The van der Waals surface area contributed by atoms with Gasteiger partial charge >= 0.3 is 11.9 Å². The SMILES string of the molecule is CN(C1CC(C)(C)NC(C)(C)C1)C(C(=O)OO)C(C)(C)c1ccc(C(C)(C)C(C(=O)OO)N(C)C2CC(C)(C)NC(C)(C)C2)cc1. The fourth-order valence-corrected chi connectivity index (χ4v) is 9.22. The number of benzene rings is 1. The monoisotopic (exact) mass is 646 g/mol. The number of nitrogens with zero attached hydrogens (tertiary/aromatic N) is 2. The van der Waals surface area contributed by atoms with Crippen molar-refractivity contribution in [2.24, 2.45) is 0 Å². The zero-order valence-corrected chi connectivity index (χ0v) is 30.9. The van der Waals surface area contributed by atoms with Crippen LogP contribution in [0.1, 0.15) is 120 Å². The Morgan fingerprint density at radius 1 is 0.652 bits per heavy atom. The molecular weight excluding hydrogens is 584 g/mol. The van der Waals surface area contributed by atoms with E-state index in [0.29, 0.717) is 0 Å². The van der Waals surface area contributed by atoms with Crippen LogP contribution in [0, 0.1) is 0 Å². The lowest BCUT2D eigenvalue weighted by Crippen LogP contribution is -2.65. The van der Waals surface area contributed by atoms with Crippen molar-refractivity contribution in [1.29, 1.82) is 0 Å². The van der Waals surface area contributed by atoms with Crippen LogP contribution in [0.25, 0.3) is 0 Å². The normalized spacial score (nSPS) is 23.2. The van der Waals surface area contributed by atoms with E-state index in [9.17, 15) is 20.1 Å². The maximum absolute atomic E-state index is 13.3. The molecule has 10 nitrogen and oxygen atoms in total. The van der Waals surface area contributed by atoms with Crippen LogP contribution in [-0.2, 0) is 30.2 Å². The third-order valence-electron chi connectivity index (χ3n) is 10.7. The predicted octanol–water partition coefficient (Wildman–Crippen LogP) is 5.49. The second-order valence-corrected chi connectivity index (χ2v) is 17.9. The molecule has 262 valence electrons. The molecule has 0 aromatic heterocycles. The van der Waals surface area contributed by atoms with E-state index in [1.165, 1.54) is 0 Å². The van der Waals surface area contributed by atoms with Gasteiger partial charge in [0.1, 0.15) is 12.1 Å². The third kappa shape index (κ3) is 8.31. The molecule has 10 heteroatoms. The molecule has 0 bridgehead atoms. The van der Waals surface area contributed by atoms with E-state index >= 15 is 0 Å². The molecule has 2 aliphatic heterocycles. The summed E-state index contributed by atoms with van der Waals surface area (Å²) in [7, 11) is 3.88. The van der Waals surface area contributed by atoms with E-state index in [4.69, 9.17) is 0 Å². The molecule has 2 saturated heterocycles. The minimum Gasteiger partial charge on any atom is -0.307 e. The lowest BCUT2D eigenvalue weighted by Gasteiger charge is -2.52. The van der Waals surface area contributed by atoms with Gasteiger partial charge in [0, 0.05) is 45.1 Å². The number of piperidine rings is 2. The molecule has 0 amide bonds. The molecule has 0 spiro atoms. The van der Waals surface area contributed by atoms with Crippen LogP contribution in [0.4, 0.5) is 0 Å². The third-order valence-corrected chi connectivity index (χ3v) is 10.7. The number of likely N-dealkylation sites (N-methyl/N-ethyl adjacent to an activating group) is 2. The number of nitrogens with one attached hydrogen (secondary N) is 2. The Hall–Kier alpha value is -2.08. The number of rotatable bonds is 10. The smallest absolute Gasteiger partial charge is 0.307 e. The highest BCUT2D eigenvalue weighted by Gasteiger charge is 2.49. The van der Waals surface area contributed by atoms with Crippen LogP contribution >= 0.6 is 0 Å². The van der Waals surface area contributed by atoms with Crippen molar-refractivity contribution in [3.63, 3.8) is 0 Å². The number of carbonyl (C=O) groups excluding carboxylic acids is 2. The average molecular weight is 647 g/mol. The molecule has 0 saturated carbocycles. The van der Waals surface area contributed by atoms with Gasteiger partial charge in [0.2, 0.25) is 0 Å². The Labute approximate surface area is 277 Å². The quantitative estimate of drug-likeness (QED) is 0.192. The molecule has 2 heterocycles. The van der Waals surface area contributed by atoms with E-state index in [1.807, 2.05) is 66.1 Å². The predicted molar refractivity (Wildman–Crippen MR) is 182 cm³/mol. The van der Waals surface area contributed by atoms with Crippen molar-refractivity contribution >= 4 is 11.9 Å². The fourth-order valence-electron chi connectivity index (χ4n) is 9.22. The molecule has 0 radical (unpaired) electrons. The first-order valence-electron chi connectivity index (χ1n) is 16.6. The summed E-state index contributed by atoms with van der Waals surface area (Å²) in [5, 5.41) is 26.6. The minimum atomic E-state index is -0.763. The lowest BCUT2D eigenvalue weighted by molar-refractivity contribution is -0.242. The van der Waals surface area contributed by atoms with Gasteiger partial charge in [-0.15, -0.1) is 0 Å². The highest BCUT2D eigenvalue weighted by Crippen LogP contribution is 2.40. The topological polar surface area (TPSA) is 124 Å². The van der Waals surface area contributed by atoms with Gasteiger partial charge < -0.3 is 10.6 Å². The molecule has 4 N–H and O–H groups in total. The summed E-state index contributed by atoms with van der Waals surface area (Å²) in [6.45, 7) is 25.3. The fraction of sp³-hybridized carbons (Fsp3) is 0.778. The van der Waals surface area contributed by atoms with Crippen molar-refractivity contribution in [3.05, 3.63) is 35.4 Å². The second kappa shape index (κ2) is 13.1. The van der Waals surface area contributed by atoms with Crippen molar-refractivity contribution in [1.82, 2.24) is 20.4 Å². The van der Waals surface area contributed by atoms with Crippen LogP contribution in [-0.4, -0.2) is 92.7 Å². The molecule has 3 rings (SSSR count). The summed E-state index contributed by atoms with van der Waals surface area (Å²) in [4.78, 5) is 39.5. The summed E-state index contributed by atoms with van der Waals surface area (Å²) in [6, 6.07) is 6.54. The maximum atomic E-state index is 13.3. The number of carbonyl (C=O) groups is 2. The molecule has 0 aliphatic carbocycles. The van der Waals surface area contributed by atoms with E-state index in [1.54, 1.807) is 0 Å². The summed E-state index contributed by atoms with van der Waals surface area (Å²) in [5.41, 5.74) is -0.256.